The smallest absolute Gasteiger partial charge is 0.166 e. The second-order valence-electron chi connectivity index (χ2n) is 2.76. The highest BCUT2D eigenvalue weighted by Crippen LogP contribution is 2.34. The van der Waals surface area contributed by atoms with E-state index in [2.05, 4.69) is 0 Å². The molecule has 13 heavy (non-hydrogen) atoms. The van der Waals surface area contributed by atoms with E-state index in [4.69, 9.17) is 9.47 Å². The first-order valence-electron chi connectivity index (χ1n) is 4.09. The summed E-state index contributed by atoms with van der Waals surface area (Å²) in [7, 11) is 3.13. The zero-order chi connectivity index (χ0) is 9.84. The Balaban J connectivity index is 3.19. The van der Waals surface area contributed by atoms with E-state index in [1.54, 1.807) is 27.2 Å². The number of hydrogen-bond donors (Lipinski definition) is 1. The van der Waals surface area contributed by atoms with E-state index >= 15 is 0 Å². The molecule has 72 valence electrons. The molecule has 0 aliphatic carbocycles. The summed E-state index contributed by atoms with van der Waals surface area (Å²) < 4.78 is 10.2. The van der Waals surface area contributed by atoms with Crippen molar-refractivity contribution in [3.05, 3.63) is 23.8 Å². The Bertz CT molecular complexity index is 281. The van der Waals surface area contributed by atoms with E-state index in [1.807, 2.05) is 12.1 Å². The van der Waals surface area contributed by atoms with Gasteiger partial charge in [0.15, 0.2) is 11.5 Å². The number of ether oxygens (including phenoxy) is 2. The van der Waals surface area contributed by atoms with Crippen molar-refractivity contribution in [3.8, 4) is 11.5 Å². The van der Waals surface area contributed by atoms with E-state index in [0.29, 0.717) is 11.5 Å². The van der Waals surface area contributed by atoms with E-state index in [0.717, 1.165) is 5.56 Å². The summed E-state index contributed by atoms with van der Waals surface area (Å²) in [5, 5.41) is 9.42. The summed E-state index contributed by atoms with van der Waals surface area (Å²) in [4.78, 5) is 0. The highest BCUT2D eigenvalue weighted by molar-refractivity contribution is 5.47. The molecule has 1 aromatic rings. The summed E-state index contributed by atoms with van der Waals surface area (Å²) in [6, 6.07) is 5.43. The van der Waals surface area contributed by atoms with E-state index in [1.165, 1.54) is 0 Å². The molecule has 0 saturated carbocycles. The Labute approximate surface area is 77.9 Å². The zero-order valence-electron chi connectivity index (χ0n) is 8.07. The predicted octanol–water partition coefficient (Wildman–Crippen LogP) is 1.76. The van der Waals surface area contributed by atoms with Crippen LogP contribution in [0.4, 0.5) is 0 Å². The number of aliphatic hydroxyl groups excluding tert-OH is 1. The van der Waals surface area contributed by atoms with Gasteiger partial charge in [-0.25, -0.2) is 0 Å². The van der Waals surface area contributed by atoms with Gasteiger partial charge in [0.1, 0.15) is 0 Å². The molecule has 1 aromatic carbocycles. The molecule has 3 nitrogen and oxygen atoms in total. The van der Waals surface area contributed by atoms with Crippen LogP contribution in [0.25, 0.3) is 0 Å². The molecule has 0 aliphatic rings. The average Bonchev–Trinajstić information content (AvgIpc) is 2.16. The van der Waals surface area contributed by atoms with Gasteiger partial charge >= 0.3 is 0 Å². The second kappa shape index (κ2) is 4.14. The van der Waals surface area contributed by atoms with Gasteiger partial charge in [-0.2, -0.15) is 0 Å². The van der Waals surface area contributed by atoms with Crippen molar-refractivity contribution < 1.29 is 14.6 Å². The lowest BCUT2D eigenvalue weighted by molar-refractivity contribution is 0.193. The van der Waals surface area contributed by atoms with Gasteiger partial charge in [0, 0.05) is 5.56 Å². The maximum atomic E-state index is 9.42. The van der Waals surface area contributed by atoms with Gasteiger partial charge in [-0.15, -0.1) is 0 Å². The molecule has 0 heterocycles. The topological polar surface area (TPSA) is 38.7 Å². The first kappa shape index (κ1) is 9.86. The Morgan fingerprint density at radius 3 is 2.38 bits per heavy atom. The number of hydrogen-bond acceptors (Lipinski definition) is 3. The second-order valence-corrected chi connectivity index (χ2v) is 2.76. The Morgan fingerprint density at radius 2 is 1.92 bits per heavy atom. The predicted molar refractivity (Wildman–Crippen MR) is 50.2 cm³/mol. The summed E-state index contributed by atoms with van der Waals surface area (Å²) in [5.41, 5.74) is 0.738. The van der Waals surface area contributed by atoms with Gasteiger partial charge in [0.05, 0.1) is 20.3 Å². The molecule has 0 amide bonds. The molecular weight excluding hydrogens is 168 g/mol. The first-order chi connectivity index (χ1) is 6.20. The zero-order valence-corrected chi connectivity index (χ0v) is 8.07. The Hall–Kier alpha value is -1.22. The summed E-state index contributed by atoms with van der Waals surface area (Å²) in [6.07, 6.45) is -0.551. The normalized spacial score (nSPS) is 12.3. The maximum Gasteiger partial charge on any atom is 0.166 e. The lowest BCUT2D eigenvalue weighted by Crippen LogP contribution is -1.98. The van der Waals surface area contributed by atoms with Crippen LogP contribution >= 0.6 is 0 Å². The lowest BCUT2D eigenvalue weighted by Gasteiger charge is -2.13. The van der Waals surface area contributed by atoms with Crippen molar-refractivity contribution >= 4 is 0 Å². The largest absolute Gasteiger partial charge is 0.493 e. The van der Waals surface area contributed by atoms with E-state index in [-0.39, 0.29) is 0 Å². The van der Waals surface area contributed by atoms with E-state index < -0.39 is 6.10 Å². The molecule has 0 aliphatic heterocycles. The fourth-order valence-electron chi connectivity index (χ4n) is 1.24. The number of benzene rings is 1. The average molecular weight is 182 g/mol. The van der Waals surface area contributed by atoms with Crippen LogP contribution < -0.4 is 9.47 Å². The summed E-state index contributed by atoms with van der Waals surface area (Å²) in [5.74, 6) is 1.24. The number of para-hydroxylation sites is 1. The molecule has 1 atom stereocenters. The van der Waals surface area contributed by atoms with Gasteiger partial charge in [0.2, 0.25) is 0 Å². The maximum absolute atomic E-state index is 9.42. The molecular formula is C10H14O3. The van der Waals surface area contributed by atoms with Crippen LogP contribution in [-0.2, 0) is 0 Å². The van der Waals surface area contributed by atoms with Crippen molar-refractivity contribution in [1.29, 1.82) is 0 Å². The molecule has 0 saturated heterocycles. The van der Waals surface area contributed by atoms with Crippen LogP contribution in [0.15, 0.2) is 18.2 Å². The molecule has 0 aromatic heterocycles. The van der Waals surface area contributed by atoms with Crippen LogP contribution in [0.1, 0.15) is 18.6 Å². The van der Waals surface area contributed by atoms with Gasteiger partial charge in [0.25, 0.3) is 0 Å². The third kappa shape index (κ3) is 1.92. The van der Waals surface area contributed by atoms with Gasteiger partial charge in [-0.3, -0.25) is 0 Å². The summed E-state index contributed by atoms with van der Waals surface area (Å²) in [6.45, 7) is 1.69. The number of aliphatic hydroxyl groups is 1. The minimum Gasteiger partial charge on any atom is -0.493 e. The highest BCUT2D eigenvalue weighted by Gasteiger charge is 2.12. The standard InChI is InChI=1S/C10H14O3/c1-7(11)8-5-4-6-9(12-2)10(8)13-3/h4-7,11H,1-3H3. The molecule has 0 bridgehead atoms. The fraction of sp³-hybridized carbons (Fsp3) is 0.400. The molecule has 0 fully saturated rings. The fourth-order valence-corrected chi connectivity index (χ4v) is 1.24. The van der Waals surface area contributed by atoms with Gasteiger partial charge in [-0.05, 0) is 13.0 Å². The molecule has 0 spiro atoms. The molecule has 1 rings (SSSR count). The van der Waals surface area contributed by atoms with Crippen molar-refractivity contribution in [2.45, 2.75) is 13.0 Å². The molecule has 3 heteroatoms. The number of rotatable bonds is 3. The SMILES string of the molecule is COc1cccc(C(C)O)c1OC. The van der Waals surface area contributed by atoms with Crippen LogP contribution in [0.5, 0.6) is 11.5 Å². The van der Waals surface area contributed by atoms with E-state index in [9.17, 15) is 5.11 Å². The minimum atomic E-state index is -0.551. The quantitative estimate of drug-likeness (QED) is 0.774. The van der Waals surface area contributed by atoms with Crippen molar-refractivity contribution in [2.24, 2.45) is 0 Å². The Kier molecular flexibility index (Phi) is 3.14. The van der Waals surface area contributed by atoms with Crippen LogP contribution in [0.2, 0.25) is 0 Å². The van der Waals surface area contributed by atoms with Crippen LogP contribution in [0, 0.1) is 0 Å². The molecule has 1 N–H and O–H groups in total. The Morgan fingerprint density at radius 1 is 1.23 bits per heavy atom. The lowest BCUT2D eigenvalue weighted by atomic mass is 10.1. The highest BCUT2D eigenvalue weighted by atomic mass is 16.5. The van der Waals surface area contributed by atoms with Crippen molar-refractivity contribution in [2.75, 3.05) is 14.2 Å². The first-order valence-corrected chi connectivity index (χ1v) is 4.09. The third-order valence-electron chi connectivity index (χ3n) is 1.88. The van der Waals surface area contributed by atoms with Crippen LogP contribution in [-0.4, -0.2) is 19.3 Å². The van der Waals surface area contributed by atoms with Gasteiger partial charge < -0.3 is 14.6 Å². The monoisotopic (exact) mass is 182 g/mol. The molecule has 1 unspecified atom stereocenters. The van der Waals surface area contributed by atoms with Gasteiger partial charge in [-0.1, -0.05) is 12.1 Å². The third-order valence-corrected chi connectivity index (χ3v) is 1.88. The minimum absolute atomic E-state index is 0.551. The van der Waals surface area contributed by atoms with Crippen molar-refractivity contribution in [3.63, 3.8) is 0 Å². The van der Waals surface area contributed by atoms with Crippen molar-refractivity contribution in [1.82, 2.24) is 0 Å². The summed E-state index contributed by atoms with van der Waals surface area (Å²) >= 11 is 0. The number of methoxy groups -OCH3 is 2. The van der Waals surface area contributed by atoms with Crippen LogP contribution in [0.3, 0.4) is 0 Å². The molecule has 0 radical (unpaired) electrons.